The first-order chi connectivity index (χ1) is 11.6. The summed E-state index contributed by atoms with van der Waals surface area (Å²) in [4.78, 5) is 10.2. The van der Waals surface area contributed by atoms with Crippen molar-refractivity contribution in [3.63, 3.8) is 0 Å². The molecule has 0 unspecified atom stereocenters. The maximum absolute atomic E-state index is 10.2. The Hall–Kier alpha value is -3.27. The molecule has 24 heavy (non-hydrogen) atoms. The summed E-state index contributed by atoms with van der Waals surface area (Å²) in [6, 6.07) is 23.2. The monoisotopic (exact) mass is 322 g/mol. The summed E-state index contributed by atoms with van der Waals surface area (Å²) in [5.41, 5.74) is 2.14. The van der Waals surface area contributed by atoms with Crippen LogP contribution >= 0.6 is 0 Å². The second-order valence-electron chi connectivity index (χ2n) is 4.92. The number of hydrogen-bond donors (Lipinski definition) is 2. The molecule has 3 rings (SSSR count). The summed E-state index contributed by atoms with van der Waals surface area (Å²) in [7, 11) is 1.63. The number of phenolic OH excluding ortho intramolecular Hbond substituents is 1. The van der Waals surface area contributed by atoms with E-state index in [-0.39, 0.29) is 0 Å². The molecule has 0 fully saturated rings. The Bertz CT molecular complexity index is 780. The molecule has 3 aromatic carbocycles. The van der Waals surface area contributed by atoms with Gasteiger partial charge in [-0.05, 0) is 35.9 Å². The van der Waals surface area contributed by atoms with Crippen LogP contribution in [0.4, 0.5) is 0 Å². The molecule has 4 nitrogen and oxygen atoms in total. The summed E-state index contributed by atoms with van der Waals surface area (Å²) in [6.07, 6.45) is 0. The zero-order valence-corrected chi connectivity index (χ0v) is 13.2. The van der Waals surface area contributed by atoms with Gasteiger partial charge in [-0.2, -0.15) is 0 Å². The Balaban J connectivity index is 0.000000198. The lowest BCUT2D eigenvalue weighted by Crippen LogP contribution is -1.93. The first-order valence-corrected chi connectivity index (χ1v) is 7.32. The van der Waals surface area contributed by atoms with Crippen molar-refractivity contribution >= 4 is 5.97 Å². The highest BCUT2D eigenvalue weighted by Gasteiger charge is 2.02. The maximum atomic E-state index is 10.2. The number of aromatic carboxylic acids is 1. The highest BCUT2D eigenvalue weighted by Crippen LogP contribution is 2.29. The normalized spacial score (nSPS) is 9.54. The van der Waals surface area contributed by atoms with E-state index >= 15 is 0 Å². The zero-order valence-electron chi connectivity index (χ0n) is 13.2. The van der Waals surface area contributed by atoms with Crippen molar-refractivity contribution in [3.05, 3.63) is 84.4 Å². The molecule has 0 heterocycles. The molecular formula is C20H18O4. The zero-order chi connectivity index (χ0) is 17.4. The number of para-hydroxylation sites is 1. The average Bonchev–Trinajstić information content (AvgIpc) is 2.63. The number of carbonyl (C=O) groups is 1. The second-order valence-corrected chi connectivity index (χ2v) is 4.92. The van der Waals surface area contributed by atoms with Gasteiger partial charge in [0.25, 0.3) is 0 Å². The molecule has 0 aliphatic carbocycles. The minimum Gasteiger partial charge on any atom is -0.507 e. The third kappa shape index (κ3) is 4.61. The van der Waals surface area contributed by atoms with Gasteiger partial charge in [0.05, 0.1) is 12.7 Å². The van der Waals surface area contributed by atoms with E-state index in [1.807, 2.05) is 42.5 Å². The summed E-state index contributed by atoms with van der Waals surface area (Å²) in [5, 5.41) is 18.0. The standard InChI is InChI=1S/C13H12O2.C7H6O2/c1-15-11-8-6-10(7-9-11)12-4-2-3-5-13(12)14;8-7(9)6-4-2-1-3-5-6/h2-9,14H,1H3;1-5H,(H,8,9). The fraction of sp³-hybridized carbons (Fsp3) is 0.0500. The Morgan fingerprint density at radius 1 is 0.833 bits per heavy atom. The molecule has 0 atom stereocenters. The van der Waals surface area contributed by atoms with E-state index in [1.54, 1.807) is 43.5 Å². The smallest absolute Gasteiger partial charge is 0.335 e. The number of ether oxygens (including phenoxy) is 1. The lowest BCUT2D eigenvalue weighted by Gasteiger charge is -2.05. The predicted octanol–water partition coefficient (Wildman–Crippen LogP) is 4.45. The molecule has 4 heteroatoms. The minimum absolute atomic E-state index is 0.294. The summed E-state index contributed by atoms with van der Waals surface area (Å²) >= 11 is 0. The van der Waals surface area contributed by atoms with Crippen molar-refractivity contribution < 1.29 is 19.7 Å². The van der Waals surface area contributed by atoms with Gasteiger partial charge in [-0.15, -0.1) is 0 Å². The number of phenols is 1. The van der Waals surface area contributed by atoms with Gasteiger partial charge in [-0.1, -0.05) is 48.5 Å². The van der Waals surface area contributed by atoms with Gasteiger partial charge in [0, 0.05) is 5.56 Å². The average molecular weight is 322 g/mol. The van der Waals surface area contributed by atoms with Crippen LogP contribution in [0.25, 0.3) is 11.1 Å². The van der Waals surface area contributed by atoms with Crippen molar-refractivity contribution in [2.24, 2.45) is 0 Å². The van der Waals surface area contributed by atoms with Gasteiger partial charge < -0.3 is 14.9 Å². The number of carboxylic acids is 1. The number of methoxy groups -OCH3 is 1. The molecule has 0 bridgehead atoms. The quantitative estimate of drug-likeness (QED) is 0.747. The highest BCUT2D eigenvalue weighted by atomic mass is 16.5. The van der Waals surface area contributed by atoms with Gasteiger partial charge in [0.15, 0.2) is 0 Å². The molecule has 122 valence electrons. The summed E-state index contributed by atoms with van der Waals surface area (Å²) in [6.45, 7) is 0. The van der Waals surface area contributed by atoms with Crippen LogP contribution in [0.3, 0.4) is 0 Å². The van der Waals surface area contributed by atoms with E-state index in [0.717, 1.165) is 16.9 Å². The highest BCUT2D eigenvalue weighted by molar-refractivity contribution is 5.87. The Kier molecular flexibility index (Phi) is 5.97. The first-order valence-electron chi connectivity index (χ1n) is 7.32. The fourth-order valence-corrected chi connectivity index (χ4v) is 2.07. The molecule has 0 aliphatic heterocycles. The van der Waals surface area contributed by atoms with E-state index in [9.17, 15) is 9.90 Å². The molecule has 3 aromatic rings. The van der Waals surface area contributed by atoms with Crippen LogP contribution in [0.15, 0.2) is 78.9 Å². The number of rotatable bonds is 3. The minimum atomic E-state index is -0.879. The Morgan fingerprint density at radius 3 is 1.92 bits per heavy atom. The Morgan fingerprint density at radius 2 is 1.42 bits per heavy atom. The molecule has 0 aliphatic rings. The van der Waals surface area contributed by atoms with Crippen molar-refractivity contribution in [1.29, 1.82) is 0 Å². The van der Waals surface area contributed by atoms with Gasteiger partial charge >= 0.3 is 5.97 Å². The fourth-order valence-electron chi connectivity index (χ4n) is 2.07. The third-order valence-corrected chi connectivity index (χ3v) is 3.33. The molecule has 0 spiro atoms. The van der Waals surface area contributed by atoms with Gasteiger partial charge in [0.1, 0.15) is 11.5 Å². The van der Waals surface area contributed by atoms with Gasteiger partial charge in [-0.25, -0.2) is 4.79 Å². The largest absolute Gasteiger partial charge is 0.507 e. The molecule has 0 saturated carbocycles. The van der Waals surface area contributed by atoms with E-state index < -0.39 is 5.97 Å². The SMILES string of the molecule is COc1ccc(-c2ccccc2O)cc1.O=C(O)c1ccccc1. The molecule has 0 aromatic heterocycles. The molecule has 0 saturated heterocycles. The Labute approximate surface area is 140 Å². The maximum Gasteiger partial charge on any atom is 0.335 e. The van der Waals surface area contributed by atoms with Crippen molar-refractivity contribution in [3.8, 4) is 22.6 Å². The van der Waals surface area contributed by atoms with Crippen LogP contribution < -0.4 is 4.74 Å². The molecular weight excluding hydrogens is 304 g/mol. The lowest BCUT2D eigenvalue weighted by atomic mass is 10.0. The van der Waals surface area contributed by atoms with Crippen molar-refractivity contribution in [1.82, 2.24) is 0 Å². The van der Waals surface area contributed by atoms with Crippen LogP contribution in [0, 0.1) is 0 Å². The predicted molar refractivity (Wildman–Crippen MR) is 93.5 cm³/mol. The van der Waals surface area contributed by atoms with E-state index in [4.69, 9.17) is 9.84 Å². The van der Waals surface area contributed by atoms with Crippen LogP contribution in [-0.2, 0) is 0 Å². The first kappa shape index (κ1) is 17.1. The van der Waals surface area contributed by atoms with E-state index in [1.165, 1.54) is 0 Å². The van der Waals surface area contributed by atoms with Crippen molar-refractivity contribution in [2.45, 2.75) is 0 Å². The van der Waals surface area contributed by atoms with Crippen LogP contribution in [-0.4, -0.2) is 23.3 Å². The topological polar surface area (TPSA) is 66.8 Å². The van der Waals surface area contributed by atoms with Gasteiger partial charge in [0.2, 0.25) is 0 Å². The third-order valence-electron chi connectivity index (χ3n) is 3.33. The van der Waals surface area contributed by atoms with Crippen LogP contribution in [0.5, 0.6) is 11.5 Å². The number of aromatic hydroxyl groups is 1. The van der Waals surface area contributed by atoms with Crippen molar-refractivity contribution in [2.75, 3.05) is 7.11 Å². The van der Waals surface area contributed by atoms with Crippen LogP contribution in [0.1, 0.15) is 10.4 Å². The number of carboxylic acid groups (broad SMARTS) is 1. The van der Waals surface area contributed by atoms with Gasteiger partial charge in [-0.3, -0.25) is 0 Å². The second kappa shape index (κ2) is 8.39. The lowest BCUT2D eigenvalue weighted by molar-refractivity contribution is 0.0697. The number of benzene rings is 3. The summed E-state index contributed by atoms with van der Waals surface area (Å²) < 4.78 is 5.07. The molecule has 2 N–H and O–H groups in total. The van der Waals surface area contributed by atoms with E-state index in [0.29, 0.717) is 11.3 Å². The van der Waals surface area contributed by atoms with E-state index in [2.05, 4.69) is 0 Å². The molecule has 0 radical (unpaired) electrons. The summed E-state index contributed by atoms with van der Waals surface area (Å²) in [5.74, 6) is 0.229. The van der Waals surface area contributed by atoms with Crippen LogP contribution in [0.2, 0.25) is 0 Å². The molecule has 0 amide bonds. The number of hydrogen-bond acceptors (Lipinski definition) is 3.